The van der Waals surface area contributed by atoms with Crippen molar-refractivity contribution in [3.05, 3.63) is 58.6 Å². The molecule has 20 heavy (non-hydrogen) atoms. The third-order valence-corrected chi connectivity index (χ3v) is 3.83. The number of para-hydroxylation sites is 1. The topological polar surface area (TPSA) is 32.7 Å². The predicted octanol–water partition coefficient (Wildman–Crippen LogP) is 3.75. The van der Waals surface area contributed by atoms with Crippen LogP contribution in [-0.4, -0.2) is 18.7 Å². The van der Waals surface area contributed by atoms with Crippen LogP contribution in [0.1, 0.15) is 11.1 Å². The lowest BCUT2D eigenvalue weighted by molar-refractivity contribution is -0.111. The van der Waals surface area contributed by atoms with Gasteiger partial charge in [-0.1, -0.05) is 29.8 Å². The van der Waals surface area contributed by atoms with Gasteiger partial charge in [0.2, 0.25) is 0 Å². The Hall–Kier alpha value is -2.13. The number of nitrogens with zero attached hydrogens (tertiary/aromatic N) is 2. The van der Waals surface area contributed by atoms with Crippen molar-refractivity contribution in [2.75, 3.05) is 11.9 Å². The van der Waals surface area contributed by atoms with E-state index >= 15 is 0 Å². The van der Waals surface area contributed by atoms with Crippen molar-refractivity contribution in [2.45, 2.75) is 6.92 Å². The molecule has 4 heteroatoms. The highest BCUT2D eigenvalue weighted by atomic mass is 35.5. The highest BCUT2D eigenvalue weighted by Crippen LogP contribution is 2.30. The van der Waals surface area contributed by atoms with Crippen molar-refractivity contribution in [2.24, 2.45) is 4.99 Å². The first-order chi connectivity index (χ1) is 9.58. The first kappa shape index (κ1) is 12.9. The molecule has 0 aromatic heterocycles. The zero-order valence-corrected chi connectivity index (χ0v) is 12.0. The van der Waals surface area contributed by atoms with Gasteiger partial charge in [-0.05, 0) is 36.8 Å². The molecule has 1 heterocycles. The Bertz CT molecular complexity index is 737. The van der Waals surface area contributed by atoms with E-state index < -0.39 is 0 Å². The summed E-state index contributed by atoms with van der Waals surface area (Å²) in [5.41, 5.74) is 3.92. The van der Waals surface area contributed by atoms with Gasteiger partial charge in [-0.25, -0.2) is 4.99 Å². The number of carbonyl (C=O) groups excluding carboxylic acids is 1. The second-order valence-electron chi connectivity index (χ2n) is 4.78. The first-order valence-corrected chi connectivity index (χ1v) is 6.68. The summed E-state index contributed by atoms with van der Waals surface area (Å²) in [6.07, 6.45) is 0. The minimum atomic E-state index is -0.0844. The van der Waals surface area contributed by atoms with Gasteiger partial charge < -0.3 is 4.90 Å². The Morgan fingerprint density at radius 1 is 1.15 bits per heavy atom. The lowest BCUT2D eigenvalue weighted by atomic mass is 10.1. The number of benzene rings is 2. The molecule has 0 unspecified atom stereocenters. The van der Waals surface area contributed by atoms with Crippen LogP contribution in [0.4, 0.5) is 11.4 Å². The van der Waals surface area contributed by atoms with Gasteiger partial charge >= 0.3 is 0 Å². The molecule has 100 valence electrons. The monoisotopic (exact) mass is 284 g/mol. The average Bonchev–Trinajstić information content (AvgIpc) is 2.69. The van der Waals surface area contributed by atoms with Gasteiger partial charge in [-0.15, -0.1) is 0 Å². The SMILES string of the molecule is Cc1cc(N=C2C(=O)N(C)c3ccccc32)ccc1Cl. The Morgan fingerprint density at radius 2 is 1.90 bits per heavy atom. The molecule has 0 spiro atoms. The van der Waals surface area contributed by atoms with Crippen LogP contribution in [-0.2, 0) is 4.79 Å². The van der Waals surface area contributed by atoms with E-state index in [0.29, 0.717) is 10.7 Å². The van der Waals surface area contributed by atoms with E-state index in [4.69, 9.17) is 11.6 Å². The van der Waals surface area contributed by atoms with Crippen molar-refractivity contribution in [3.8, 4) is 0 Å². The molecule has 1 aliphatic rings. The molecule has 2 aromatic carbocycles. The normalized spacial score (nSPS) is 15.8. The number of anilines is 1. The van der Waals surface area contributed by atoms with Crippen LogP contribution in [0.3, 0.4) is 0 Å². The van der Waals surface area contributed by atoms with Gasteiger partial charge in [0, 0.05) is 17.6 Å². The molecule has 2 aromatic rings. The molecule has 0 saturated heterocycles. The van der Waals surface area contributed by atoms with Crippen LogP contribution in [0.2, 0.25) is 5.02 Å². The Kier molecular flexibility index (Phi) is 3.07. The van der Waals surface area contributed by atoms with E-state index in [1.54, 1.807) is 18.0 Å². The zero-order valence-electron chi connectivity index (χ0n) is 11.2. The van der Waals surface area contributed by atoms with E-state index in [1.165, 1.54) is 0 Å². The van der Waals surface area contributed by atoms with Crippen molar-refractivity contribution < 1.29 is 4.79 Å². The first-order valence-electron chi connectivity index (χ1n) is 6.30. The molecule has 0 bridgehead atoms. The van der Waals surface area contributed by atoms with E-state index in [-0.39, 0.29) is 5.91 Å². The predicted molar refractivity (Wildman–Crippen MR) is 82.2 cm³/mol. The molecule has 0 N–H and O–H groups in total. The lowest BCUT2D eigenvalue weighted by Crippen LogP contribution is -2.25. The van der Waals surface area contributed by atoms with Crippen LogP contribution in [0.25, 0.3) is 0 Å². The van der Waals surface area contributed by atoms with Crippen LogP contribution >= 0.6 is 11.6 Å². The van der Waals surface area contributed by atoms with Gasteiger partial charge in [0.05, 0.1) is 11.4 Å². The van der Waals surface area contributed by atoms with E-state index in [0.717, 1.165) is 22.5 Å². The fraction of sp³-hybridized carbons (Fsp3) is 0.125. The Labute approximate surface area is 122 Å². The van der Waals surface area contributed by atoms with Gasteiger partial charge in [0.1, 0.15) is 5.71 Å². The highest BCUT2D eigenvalue weighted by Gasteiger charge is 2.30. The minimum Gasteiger partial charge on any atom is -0.309 e. The molecule has 0 aliphatic carbocycles. The van der Waals surface area contributed by atoms with Gasteiger partial charge in [0.15, 0.2) is 0 Å². The summed E-state index contributed by atoms with van der Waals surface area (Å²) in [4.78, 5) is 18.4. The number of halogens is 1. The molecule has 3 nitrogen and oxygen atoms in total. The maximum absolute atomic E-state index is 12.3. The number of amides is 1. The summed E-state index contributed by atoms with van der Waals surface area (Å²) >= 11 is 6.01. The molecule has 3 rings (SSSR count). The van der Waals surface area contributed by atoms with Crippen molar-refractivity contribution in [1.29, 1.82) is 0 Å². The van der Waals surface area contributed by atoms with Crippen LogP contribution in [0, 0.1) is 6.92 Å². The van der Waals surface area contributed by atoms with Gasteiger partial charge in [-0.2, -0.15) is 0 Å². The van der Waals surface area contributed by atoms with E-state index in [9.17, 15) is 4.79 Å². The number of hydrogen-bond acceptors (Lipinski definition) is 2. The van der Waals surface area contributed by atoms with Crippen molar-refractivity contribution in [1.82, 2.24) is 0 Å². The molecule has 1 amide bonds. The minimum absolute atomic E-state index is 0.0844. The molecular weight excluding hydrogens is 272 g/mol. The van der Waals surface area contributed by atoms with Gasteiger partial charge in [-0.3, -0.25) is 4.79 Å². The second kappa shape index (κ2) is 4.76. The molecule has 0 fully saturated rings. The van der Waals surface area contributed by atoms with Crippen molar-refractivity contribution >= 4 is 34.6 Å². The lowest BCUT2D eigenvalue weighted by Gasteiger charge is -2.07. The third kappa shape index (κ3) is 2.00. The zero-order chi connectivity index (χ0) is 14.3. The number of fused-ring (bicyclic) bond motifs is 1. The van der Waals surface area contributed by atoms with Gasteiger partial charge in [0.25, 0.3) is 5.91 Å². The van der Waals surface area contributed by atoms with E-state index in [1.807, 2.05) is 43.3 Å². The largest absolute Gasteiger partial charge is 0.309 e. The number of aliphatic imine (C=N–C) groups is 1. The molecular formula is C16H13ClN2O. The Morgan fingerprint density at radius 3 is 2.65 bits per heavy atom. The standard InChI is InChI=1S/C16H13ClN2O/c1-10-9-11(7-8-13(10)17)18-15-12-5-3-4-6-14(12)19(2)16(15)20/h3-9H,1-2H3. The average molecular weight is 285 g/mol. The molecule has 0 atom stereocenters. The summed E-state index contributed by atoms with van der Waals surface area (Å²) in [5.74, 6) is -0.0844. The molecule has 0 radical (unpaired) electrons. The van der Waals surface area contributed by atoms with Crippen LogP contribution < -0.4 is 4.90 Å². The maximum atomic E-state index is 12.3. The fourth-order valence-electron chi connectivity index (χ4n) is 2.29. The number of hydrogen-bond donors (Lipinski definition) is 0. The summed E-state index contributed by atoms with van der Waals surface area (Å²) in [6.45, 7) is 1.92. The quantitative estimate of drug-likeness (QED) is 0.785. The smallest absolute Gasteiger partial charge is 0.277 e. The van der Waals surface area contributed by atoms with E-state index in [2.05, 4.69) is 4.99 Å². The number of carbonyl (C=O) groups is 1. The number of aryl methyl sites for hydroxylation is 1. The summed E-state index contributed by atoms with van der Waals surface area (Å²) < 4.78 is 0. The van der Waals surface area contributed by atoms with Crippen LogP contribution in [0.15, 0.2) is 47.5 Å². The van der Waals surface area contributed by atoms with Crippen LogP contribution in [0.5, 0.6) is 0 Å². The number of rotatable bonds is 1. The summed E-state index contributed by atoms with van der Waals surface area (Å²) in [7, 11) is 1.76. The third-order valence-electron chi connectivity index (χ3n) is 3.41. The second-order valence-corrected chi connectivity index (χ2v) is 5.18. The molecule has 0 saturated carbocycles. The highest BCUT2D eigenvalue weighted by molar-refractivity contribution is 6.54. The van der Waals surface area contributed by atoms with Crippen molar-refractivity contribution in [3.63, 3.8) is 0 Å². The molecule has 1 aliphatic heterocycles. The maximum Gasteiger partial charge on any atom is 0.277 e. The summed E-state index contributed by atoms with van der Waals surface area (Å²) in [5, 5.41) is 0.698. The Balaban J connectivity index is 2.12. The fourth-order valence-corrected chi connectivity index (χ4v) is 2.40. The summed E-state index contributed by atoms with van der Waals surface area (Å²) in [6, 6.07) is 13.2. The number of likely N-dealkylation sites (N-methyl/N-ethyl adjacent to an activating group) is 1.